The first kappa shape index (κ1) is 17.6. The Bertz CT molecular complexity index is 779. The van der Waals surface area contributed by atoms with Gasteiger partial charge in [0.1, 0.15) is 12.0 Å². The minimum atomic E-state index is -0.417. The fraction of sp³-hybridized carbons (Fsp3) is 0.312. The Hall–Kier alpha value is -2.25. The van der Waals surface area contributed by atoms with Gasteiger partial charge in [0.2, 0.25) is 0 Å². The number of nitrogens with one attached hydrogen (secondary N) is 2. The third-order valence-electron chi connectivity index (χ3n) is 3.99. The standard InChI is InChI=1S/C16H18Cl2N6O/c17-10-4-5-11(12(18)8-10)16(25)23-22-14-13(19)15(21-9-20-14)24-6-2-1-3-7-24/h4-5,8-9H,1-3,6-7,19H2,(H,23,25)(H,20,21,22). The van der Waals surface area contributed by atoms with E-state index in [9.17, 15) is 4.79 Å². The number of nitrogens with zero attached hydrogens (tertiary/aromatic N) is 3. The molecule has 3 rings (SSSR count). The van der Waals surface area contributed by atoms with Gasteiger partial charge in [0, 0.05) is 18.1 Å². The van der Waals surface area contributed by atoms with E-state index in [0.717, 1.165) is 25.9 Å². The summed E-state index contributed by atoms with van der Waals surface area (Å²) in [6.07, 6.45) is 4.85. The van der Waals surface area contributed by atoms with E-state index < -0.39 is 5.91 Å². The van der Waals surface area contributed by atoms with Gasteiger partial charge in [-0.1, -0.05) is 23.2 Å². The number of piperidine rings is 1. The number of hydrazine groups is 1. The molecule has 1 aromatic carbocycles. The van der Waals surface area contributed by atoms with Crippen LogP contribution in [0.5, 0.6) is 0 Å². The van der Waals surface area contributed by atoms with Crippen molar-refractivity contribution in [3.05, 3.63) is 40.1 Å². The highest BCUT2D eigenvalue weighted by Gasteiger charge is 2.18. The van der Waals surface area contributed by atoms with E-state index in [1.165, 1.54) is 18.8 Å². The summed E-state index contributed by atoms with van der Waals surface area (Å²) in [4.78, 5) is 22.7. The van der Waals surface area contributed by atoms with E-state index in [0.29, 0.717) is 27.9 Å². The lowest BCUT2D eigenvalue weighted by Gasteiger charge is -2.28. The third kappa shape index (κ3) is 4.05. The van der Waals surface area contributed by atoms with Crippen molar-refractivity contribution < 1.29 is 4.79 Å². The van der Waals surface area contributed by atoms with Crippen LogP contribution in [0.25, 0.3) is 0 Å². The highest BCUT2D eigenvalue weighted by molar-refractivity contribution is 6.36. The van der Waals surface area contributed by atoms with Crippen LogP contribution in [0.3, 0.4) is 0 Å². The summed E-state index contributed by atoms with van der Waals surface area (Å²) in [5, 5.41) is 0.720. The number of carbonyl (C=O) groups is 1. The SMILES string of the molecule is Nc1c(NNC(=O)c2ccc(Cl)cc2Cl)ncnc1N1CCCCC1. The summed E-state index contributed by atoms with van der Waals surface area (Å²) in [5.74, 6) is 0.601. The predicted molar refractivity (Wildman–Crippen MR) is 100 cm³/mol. The van der Waals surface area contributed by atoms with Gasteiger partial charge in [-0.15, -0.1) is 0 Å². The summed E-state index contributed by atoms with van der Waals surface area (Å²) in [5.41, 5.74) is 12.1. The smallest absolute Gasteiger partial charge is 0.271 e. The highest BCUT2D eigenvalue weighted by atomic mass is 35.5. The summed E-state index contributed by atoms with van der Waals surface area (Å²) in [7, 11) is 0. The number of hydrogen-bond acceptors (Lipinski definition) is 6. The van der Waals surface area contributed by atoms with Gasteiger partial charge in [-0.25, -0.2) is 9.97 Å². The molecule has 0 atom stereocenters. The minimum absolute atomic E-state index is 0.261. The molecule has 1 saturated heterocycles. The molecule has 1 aromatic heterocycles. The number of anilines is 3. The molecule has 9 heteroatoms. The van der Waals surface area contributed by atoms with Gasteiger partial charge in [-0.2, -0.15) is 0 Å². The summed E-state index contributed by atoms with van der Waals surface area (Å²) in [6, 6.07) is 4.64. The zero-order valence-corrected chi connectivity index (χ0v) is 14.9. The fourth-order valence-corrected chi connectivity index (χ4v) is 3.19. The Morgan fingerprint density at radius 3 is 2.64 bits per heavy atom. The quantitative estimate of drug-likeness (QED) is 0.705. The van der Waals surface area contributed by atoms with E-state index in [4.69, 9.17) is 28.9 Å². The monoisotopic (exact) mass is 380 g/mol. The van der Waals surface area contributed by atoms with E-state index in [1.807, 2.05) is 0 Å². The normalized spacial score (nSPS) is 14.2. The highest BCUT2D eigenvalue weighted by Crippen LogP contribution is 2.28. The zero-order chi connectivity index (χ0) is 17.8. The number of nitrogens with two attached hydrogens (primary N) is 1. The number of aromatic nitrogens is 2. The molecule has 4 N–H and O–H groups in total. The van der Waals surface area contributed by atoms with Crippen molar-refractivity contribution in [1.82, 2.24) is 15.4 Å². The maximum atomic E-state index is 12.3. The van der Waals surface area contributed by atoms with Crippen LogP contribution in [-0.4, -0.2) is 29.0 Å². The Balaban J connectivity index is 1.71. The number of nitrogen functional groups attached to an aromatic ring is 1. The lowest BCUT2D eigenvalue weighted by Crippen LogP contribution is -2.33. The average molecular weight is 381 g/mol. The van der Waals surface area contributed by atoms with Gasteiger partial charge in [0.05, 0.1) is 10.6 Å². The Morgan fingerprint density at radius 2 is 1.92 bits per heavy atom. The second kappa shape index (κ2) is 7.76. The molecule has 2 heterocycles. The minimum Gasteiger partial charge on any atom is -0.393 e. The number of benzene rings is 1. The third-order valence-corrected chi connectivity index (χ3v) is 4.54. The van der Waals surface area contributed by atoms with E-state index >= 15 is 0 Å². The Morgan fingerprint density at radius 1 is 1.16 bits per heavy atom. The molecule has 0 bridgehead atoms. The van der Waals surface area contributed by atoms with E-state index in [-0.39, 0.29) is 5.02 Å². The molecule has 0 radical (unpaired) electrons. The van der Waals surface area contributed by atoms with Crippen molar-refractivity contribution in [2.45, 2.75) is 19.3 Å². The molecular formula is C16H18Cl2N6O. The van der Waals surface area contributed by atoms with Crippen LogP contribution in [0, 0.1) is 0 Å². The first-order valence-electron chi connectivity index (χ1n) is 7.93. The molecule has 132 valence electrons. The molecule has 25 heavy (non-hydrogen) atoms. The Kier molecular flexibility index (Phi) is 5.45. The van der Waals surface area contributed by atoms with Crippen molar-refractivity contribution in [3.63, 3.8) is 0 Å². The van der Waals surface area contributed by atoms with Crippen LogP contribution < -0.4 is 21.5 Å². The molecule has 1 aliphatic rings. The van der Waals surface area contributed by atoms with E-state index in [2.05, 4.69) is 25.7 Å². The van der Waals surface area contributed by atoms with Crippen LogP contribution >= 0.6 is 23.2 Å². The molecule has 0 saturated carbocycles. The summed E-state index contributed by atoms with van der Waals surface area (Å²) in [6.45, 7) is 1.82. The molecule has 0 unspecified atom stereocenters. The molecule has 0 spiro atoms. The van der Waals surface area contributed by atoms with Crippen LogP contribution in [0.4, 0.5) is 17.3 Å². The molecule has 7 nitrogen and oxygen atoms in total. The van der Waals surface area contributed by atoms with Crippen LogP contribution in [0.15, 0.2) is 24.5 Å². The summed E-state index contributed by atoms with van der Waals surface area (Å²) >= 11 is 11.9. The number of rotatable bonds is 4. The number of amides is 1. The Labute approximate surface area is 155 Å². The molecule has 0 aliphatic carbocycles. The largest absolute Gasteiger partial charge is 0.393 e. The molecule has 1 aliphatic heterocycles. The molecule has 2 aromatic rings. The number of halogens is 2. The van der Waals surface area contributed by atoms with Gasteiger partial charge in [0.25, 0.3) is 5.91 Å². The molecule has 1 amide bonds. The van der Waals surface area contributed by atoms with Gasteiger partial charge in [-0.05, 0) is 37.5 Å². The fourth-order valence-electron chi connectivity index (χ4n) is 2.70. The topological polar surface area (TPSA) is 96.2 Å². The van der Waals surface area contributed by atoms with Gasteiger partial charge < -0.3 is 10.6 Å². The lowest BCUT2D eigenvalue weighted by molar-refractivity contribution is 0.0962. The van der Waals surface area contributed by atoms with Gasteiger partial charge >= 0.3 is 0 Å². The van der Waals surface area contributed by atoms with Gasteiger partial charge in [0.15, 0.2) is 11.6 Å². The average Bonchev–Trinajstić information content (AvgIpc) is 2.61. The van der Waals surface area contributed by atoms with Crippen molar-refractivity contribution in [2.75, 3.05) is 29.1 Å². The molecule has 1 fully saturated rings. The van der Waals surface area contributed by atoms with Crippen LogP contribution in [-0.2, 0) is 0 Å². The predicted octanol–water partition coefficient (Wildman–Crippen LogP) is 3.11. The maximum absolute atomic E-state index is 12.3. The first-order chi connectivity index (χ1) is 12.1. The zero-order valence-electron chi connectivity index (χ0n) is 13.4. The lowest BCUT2D eigenvalue weighted by atomic mass is 10.1. The van der Waals surface area contributed by atoms with Gasteiger partial charge in [-0.3, -0.25) is 15.6 Å². The second-order valence-corrected chi connectivity index (χ2v) is 6.55. The first-order valence-corrected chi connectivity index (χ1v) is 8.68. The van der Waals surface area contributed by atoms with Crippen molar-refractivity contribution in [1.29, 1.82) is 0 Å². The molecular weight excluding hydrogens is 363 g/mol. The van der Waals surface area contributed by atoms with E-state index in [1.54, 1.807) is 12.1 Å². The summed E-state index contributed by atoms with van der Waals surface area (Å²) < 4.78 is 0. The van der Waals surface area contributed by atoms with Crippen LogP contribution in [0.1, 0.15) is 29.6 Å². The number of carbonyl (C=O) groups excluding carboxylic acids is 1. The van der Waals surface area contributed by atoms with Crippen molar-refractivity contribution in [2.24, 2.45) is 0 Å². The maximum Gasteiger partial charge on any atom is 0.271 e. The number of hydrogen-bond donors (Lipinski definition) is 3. The van der Waals surface area contributed by atoms with Crippen molar-refractivity contribution >= 4 is 46.4 Å². The van der Waals surface area contributed by atoms with Crippen molar-refractivity contribution in [3.8, 4) is 0 Å². The van der Waals surface area contributed by atoms with Crippen LogP contribution in [0.2, 0.25) is 10.0 Å². The second-order valence-electron chi connectivity index (χ2n) is 5.71.